The van der Waals surface area contributed by atoms with Gasteiger partial charge in [0.15, 0.2) is 0 Å². The van der Waals surface area contributed by atoms with Crippen LogP contribution >= 0.6 is 11.6 Å². The van der Waals surface area contributed by atoms with Crippen LogP contribution in [0.25, 0.3) is 0 Å². The third kappa shape index (κ3) is 3.44. The first kappa shape index (κ1) is 18.3. The Morgan fingerprint density at radius 1 is 0.963 bits per heavy atom. The number of para-hydroxylation sites is 1. The zero-order chi connectivity index (χ0) is 19.0. The molecule has 142 valence electrons. The fraction of sp³-hybridized carbons (Fsp3) is 0.350. The van der Waals surface area contributed by atoms with Crippen molar-refractivity contribution in [3.05, 3.63) is 58.6 Å². The van der Waals surface area contributed by atoms with Gasteiger partial charge in [0.1, 0.15) is 0 Å². The largest absolute Gasteiger partial charge is 0.308 e. The molecule has 1 amide bonds. The third-order valence-electron chi connectivity index (χ3n) is 5.17. The Bertz CT molecular complexity index is 990. The van der Waals surface area contributed by atoms with Gasteiger partial charge in [0.05, 0.1) is 16.5 Å². The summed E-state index contributed by atoms with van der Waals surface area (Å²) < 4.78 is 26.3. The minimum absolute atomic E-state index is 0.112. The van der Waals surface area contributed by atoms with Gasteiger partial charge in [-0.2, -0.15) is 0 Å². The van der Waals surface area contributed by atoms with Crippen LogP contribution in [0, 0.1) is 0 Å². The average molecular weight is 405 g/mol. The van der Waals surface area contributed by atoms with Gasteiger partial charge in [0.2, 0.25) is 10.0 Å². The molecule has 0 unspecified atom stereocenters. The van der Waals surface area contributed by atoms with Crippen LogP contribution in [0.3, 0.4) is 0 Å². The molecule has 0 bridgehead atoms. The fourth-order valence-electron chi connectivity index (χ4n) is 3.80. The molecule has 7 heteroatoms. The molecule has 0 radical (unpaired) electrons. The van der Waals surface area contributed by atoms with E-state index in [1.807, 2.05) is 24.3 Å². The topological polar surface area (TPSA) is 57.7 Å². The molecule has 0 aromatic heterocycles. The zero-order valence-electron chi connectivity index (χ0n) is 14.9. The van der Waals surface area contributed by atoms with E-state index in [-0.39, 0.29) is 11.7 Å². The summed E-state index contributed by atoms with van der Waals surface area (Å²) in [6.45, 7) is 1.04. The standard InChI is InChI=1S/C20H21ClN2O3S/c21-17-10-9-16(14-19(17)23-12-3-4-13-27(23,25)26)20(24)22-11-5-7-15-6-1-2-8-18(15)22/h1-2,6,8-10,14H,3-5,7,11-13H2. The molecule has 2 aliphatic rings. The molecule has 1 fully saturated rings. The maximum atomic E-state index is 13.2. The highest BCUT2D eigenvalue weighted by atomic mass is 35.5. The highest BCUT2D eigenvalue weighted by molar-refractivity contribution is 7.92. The lowest BCUT2D eigenvalue weighted by Gasteiger charge is -2.31. The summed E-state index contributed by atoms with van der Waals surface area (Å²) in [5.41, 5.74) is 2.93. The van der Waals surface area contributed by atoms with Crippen LogP contribution in [-0.4, -0.2) is 33.2 Å². The predicted molar refractivity (Wildman–Crippen MR) is 108 cm³/mol. The fourth-order valence-corrected chi connectivity index (χ4v) is 5.71. The molecule has 2 heterocycles. The van der Waals surface area contributed by atoms with Crippen LogP contribution in [0.15, 0.2) is 42.5 Å². The molecular weight excluding hydrogens is 384 g/mol. The first-order valence-corrected chi connectivity index (χ1v) is 11.2. The number of carbonyl (C=O) groups excluding carboxylic acids is 1. The quantitative estimate of drug-likeness (QED) is 0.763. The van der Waals surface area contributed by atoms with Gasteiger partial charge in [-0.3, -0.25) is 9.10 Å². The summed E-state index contributed by atoms with van der Waals surface area (Å²) in [6, 6.07) is 12.8. The molecule has 5 nitrogen and oxygen atoms in total. The SMILES string of the molecule is O=C(c1ccc(Cl)c(N2CCCCS2(=O)=O)c1)N1CCCc2ccccc21. The van der Waals surface area contributed by atoms with Crippen molar-refractivity contribution >= 4 is 38.9 Å². The second-order valence-electron chi connectivity index (χ2n) is 6.95. The molecule has 1 saturated heterocycles. The molecule has 0 N–H and O–H groups in total. The van der Waals surface area contributed by atoms with Crippen molar-refractivity contribution in [1.29, 1.82) is 0 Å². The lowest BCUT2D eigenvalue weighted by atomic mass is 10.0. The summed E-state index contributed by atoms with van der Waals surface area (Å²) in [5.74, 6) is -0.0180. The van der Waals surface area contributed by atoms with E-state index < -0.39 is 10.0 Å². The van der Waals surface area contributed by atoms with Crippen molar-refractivity contribution in [3.8, 4) is 0 Å². The van der Waals surface area contributed by atoms with E-state index >= 15 is 0 Å². The van der Waals surface area contributed by atoms with Crippen LogP contribution < -0.4 is 9.21 Å². The van der Waals surface area contributed by atoms with Crippen molar-refractivity contribution in [3.63, 3.8) is 0 Å². The highest BCUT2D eigenvalue weighted by Crippen LogP contribution is 2.33. The molecule has 2 aliphatic heterocycles. The third-order valence-corrected chi connectivity index (χ3v) is 7.34. The number of aryl methyl sites for hydroxylation is 1. The highest BCUT2D eigenvalue weighted by Gasteiger charge is 2.29. The monoisotopic (exact) mass is 404 g/mol. The van der Waals surface area contributed by atoms with Gasteiger partial charge < -0.3 is 4.90 Å². The van der Waals surface area contributed by atoms with Crippen molar-refractivity contribution < 1.29 is 13.2 Å². The lowest BCUT2D eigenvalue weighted by Crippen LogP contribution is -2.38. The Kier molecular flexibility index (Phi) is 4.86. The summed E-state index contributed by atoms with van der Waals surface area (Å²) >= 11 is 6.30. The van der Waals surface area contributed by atoms with Crippen molar-refractivity contribution in [2.24, 2.45) is 0 Å². The number of halogens is 1. The zero-order valence-corrected chi connectivity index (χ0v) is 16.5. The Balaban J connectivity index is 1.71. The number of carbonyl (C=O) groups is 1. The van der Waals surface area contributed by atoms with Gasteiger partial charge in [-0.05, 0) is 55.5 Å². The van der Waals surface area contributed by atoms with Crippen molar-refractivity contribution in [1.82, 2.24) is 0 Å². The normalized spacial score (nSPS) is 18.9. The summed E-state index contributed by atoms with van der Waals surface area (Å²) in [4.78, 5) is 15.0. The Morgan fingerprint density at radius 2 is 1.78 bits per heavy atom. The van der Waals surface area contributed by atoms with Gasteiger partial charge in [-0.15, -0.1) is 0 Å². The number of rotatable bonds is 2. The second-order valence-corrected chi connectivity index (χ2v) is 9.37. The molecular formula is C20H21ClN2O3S. The number of fused-ring (bicyclic) bond motifs is 1. The number of hydrogen-bond donors (Lipinski definition) is 0. The van der Waals surface area contributed by atoms with E-state index in [4.69, 9.17) is 11.6 Å². The summed E-state index contributed by atoms with van der Waals surface area (Å²) in [6.07, 6.45) is 3.30. The Hall–Kier alpha value is -2.05. The number of hydrogen-bond acceptors (Lipinski definition) is 3. The molecule has 4 rings (SSSR count). The molecule has 0 aliphatic carbocycles. The van der Waals surface area contributed by atoms with Crippen molar-refractivity contribution in [2.45, 2.75) is 25.7 Å². The number of nitrogens with zero attached hydrogens (tertiary/aromatic N) is 2. The summed E-state index contributed by atoms with van der Waals surface area (Å²) in [5, 5.41) is 0.344. The number of anilines is 2. The molecule has 2 aromatic carbocycles. The van der Waals surface area contributed by atoms with Crippen LogP contribution in [0.4, 0.5) is 11.4 Å². The van der Waals surface area contributed by atoms with Gasteiger partial charge in [-0.1, -0.05) is 29.8 Å². The predicted octanol–water partition coefficient (Wildman–Crippen LogP) is 3.86. The van der Waals surface area contributed by atoms with Crippen LogP contribution in [0.5, 0.6) is 0 Å². The van der Waals surface area contributed by atoms with E-state index in [1.165, 1.54) is 4.31 Å². The lowest BCUT2D eigenvalue weighted by molar-refractivity contribution is 0.0985. The smallest absolute Gasteiger partial charge is 0.258 e. The van der Waals surface area contributed by atoms with E-state index in [0.717, 1.165) is 30.5 Å². The number of amides is 1. The van der Waals surface area contributed by atoms with Gasteiger partial charge in [0, 0.05) is 24.3 Å². The van der Waals surface area contributed by atoms with E-state index in [1.54, 1.807) is 23.1 Å². The van der Waals surface area contributed by atoms with E-state index in [0.29, 0.717) is 35.8 Å². The Labute approximate surface area is 164 Å². The second kappa shape index (κ2) is 7.17. The van der Waals surface area contributed by atoms with E-state index in [2.05, 4.69) is 0 Å². The molecule has 2 aromatic rings. The molecule has 0 saturated carbocycles. The first-order chi connectivity index (χ1) is 13.0. The van der Waals surface area contributed by atoms with Crippen molar-refractivity contribution in [2.75, 3.05) is 28.0 Å². The number of sulfonamides is 1. The summed E-state index contributed by atoms with van der Waals surface area (Å²) in [7, 11) is -3.39. The molecule has 0 spiro atoms. The minimum atomic E-state index is -3.39. The van der Waals surface area contributed by atoms with E-state index in [9.17, 15) is 13.2 Å². The first-order valence-electron chi connectivity index (χ1n) is 9.17. The molecule has 27 heavy (non-hydrogen) atoms. The number of benzene rings is 2. The average Bonchev–Trinajstić information content (AvgIpc) is 2.67. The Morgan fingerprint density at radius 3 is 2.59 bits per heavy atom. The van der Waals surface area contributed by atoms with Gasteiger partial charge in [0.25, 0.3) is 5.91 Å². The van der Waals surface area contributed by atoms with Crippen LogP contribution in [0.2, 0.25) is 5.02 Å². The van der Waals surface area contributed by atoms with Gasteiger partial charge in [-0.25, -0.2) is 8.42 Å². The molecule has 0 atom stereocenters. The van der Waals surface area contributed by atoms with Crippen LogP contribution in [0.1, 0.15) is 35.2 Å². The maximum absolute atomic E-state index is 13.2. The van der Waals surface area contributed by atoms with Gasteiger partial charge >= 0.3 is 0 Å². The maximum Gasteiger partial charge on any atom is 0.258 e. The minimum Gasteiger partial charge on any atom is -0.308 e. The van der Waals surface area contributed by atoms with Crippen LogP contribution in [-0.2, 0) is 16.4 Å².